The molecule has 5 heteroatoms. The van der Waals surface area contributed by atoms with Gasteiger partial charge in [0, 0.05) is 17.7 Å². The molecule has 1 aliphatic rings. The molecule has 1 aromatic heterocycles. The smallest absolute Gasteiger partial charge is 0.167 e. The molecule has 0 radical (unpaired) electrons. The van der Waals surface area contributed by atoms with Crippen LogP contribution in [0.2, 0.25) is 0 Å². The van der Waals surface area contributed by atoms with E-state index in [9.17, 15) is 5.11 Å². The van der Waals surface area contributed by atoms with Crippen molar-refractivity contribution in [1.82, 2.24) is 10.1 Å². The summed E-state index contributed by atoms with van der Waals surface area (Å²) in [6.07, 6.45) is 2.73. The number of benzene rings is 1. The predicted molar refractivity (Wildman–Crippen MR) is 89.0 cm³/mol. The molecule has 4 nitrogen and oxygen atoms in total. The molecular weight excluding hydrogens is 300 g/mol. The first-order chi connectivity index (χ1) is 10.3. The molecule has 2 heterocycles. The first-order valence-electron chi connectivity index (χ1n) is 7.73. The van der Waals surface area contributed by atoms with Crippen LogP contribution in [0.25, 0.3) is 11.3 Å². The van der Waals surface area contributed by atoms with Crippen LogP contribution in [0.15, 0.2) is 40.9 Å². The molecule has 1 aliphatic heterocycles. The van der Waals surface area contributed by atoms with E-state index >= 15 is 0 Å². The summed E-state index contributed by atoms with van der Waals surface area (Å²) in [5, 5.41) is 14.7. The van der Waals surface area contributed by atoms with Crippen LogP contribution in [0.5, 0.6) is 0 Å². The lowest BCUT2D eigenvalue weighted by molar-refractivity contribution is 0.0393. The van der Waals surface area contributed by atoms with Crippen LogP contribution in [0, 0.1) is 0 Å². The molecule has 1 aromatic carbocycles. The van der Waals surface area contributed by atoms with E-state index in [1.54, 1.807) is 0 Å². The van der Waals surface area contributed by atoms with Gasteiger partial charge in [0.15, 0.2) is 5.76 Å². The molecule has 0 saturated carbocycles. The standard InChI is InChI=1S/C17H22N2O2.ClH/c1-2-15(19-10-6-7-11-19)17(20)16-12-14(18-21-16)13-8-4-3-5-9-13;/h3-5,8-9,12,15,17,20H,2,6-7,10-11H2,1H3;1H/t15-,17+;/m0./s1. The van der Waals surface area contributed by atoms with Gasteiger partial charge in [-0.3, -0.25) is 4.90 Å². The van der Waals surface area contributed by atoms with Crippen LogP contribution >= 0.6 is 12.4 Å². The highest BCUT2D eigenvalue weighted by Gasteiger charge is 2.30. The average Bonchev–Trinajstić information content (AvgIpc) is 3.20. The molecular formula is C17H23ClN2O2. The molecule has 1 N–H and O–H groups in total. The summed E-state index contributed by atoms with van der Waals surface area (Å²) < 4.78 is 5.40. The molecule has 0 amide bonds. The molecule has 2 atom stereocenters. The van der Waals surface area contributed by atoms with Gasteiger partial charge in [-0.1, -0.05) is 42.4 Å². The summed E-state index contributed by atoms with van der Waals surface area (Å²) in [6, 6.07) is 11.9. The maximum atomic E-state index is 10.6. The van der Waals surface area contributed by atoms with E-state index in [0.29, 0.717) is 5.76 Å². The largest absolute Gasteiger partial charge is 0.383 e. The lowest BCUT2D eigenvalue weighted by Gasteiger charge is -2.29. The first kappa shape index (κ1) is 17.0. The van der Waals surface area contributed by atoms with Crippen molar-refractivity contribution in [3.63, 3.8) is 0 Å². The number of aromatic nitrogens is 1. The van der Waals surface area contributed by atoms with E-state index in [2.05, 4.69) is 17.0 Å². The summed E-state index contributed by atoms with van der Waals surface area (Å²) in [6.45, 7) is 4.24. The highest BCUT2D eigenvalue weighted by atomic mass is 35.5. The second-order valence-electron chi connectivity index (χ2n) is 5.64. The zero-order chi connectivity index (χ0) is 14.7. The normalized spacial score (nSPS) is 17.9. The molecule has 22 heavy (non-hydrogen) atoms. The Labute approximate surface area is 137 Å². The van der Waals surface area contributed by atoms with E-state index in [4.69, 9.17) is 4.52 Å². The first-order valence-corrected chi connectivity index (χ1v) is 7.73. The average molecular weight is 323 g/mol. The molecule has 0 unspecified atom stereocenters. The molecule has 0 aliphatic carbocycles. The number of hydrogen-bond acceptors (Lipinski definition) is 4. The van der Waals surface area contributed by atoms with Gasteiger partial charge in [0.05, 0.1) is 0 Å². The molecule has 1 saturated heterocycles. The van der Waals surface area contributed by atoms with Crippen LogP contribution in [-0.4, -0.2) is 34.3 Å². The zero-order valence-electron chi connectivity index (χ0n) is 12.8. The van der Waals surface area contributed by atoms with Crippen molar-refractivity contribution in [1.29, 1.82) is 0 Å². The summed E-state index contributed by atoms with van der Waals surface area (Å²) in [5.74, 6) is 0.563. The van der Waals surface area contributed by atoms with Gasteiger partial charge >= 0.3 is 0 Å². The zero-order valence-corrected chi connectivity index (χ0v) is 13.6. The van der Waals surface area contributed by atoms with Gasteiger partial charge in [-0.15, -0.1) is 12.4 Å². The van der Waals surface area contributed by atoms with Crippen LogP contribution in [-0.2, 0) is 0 Å². The third kappa shape index (κ3) is 3.51. The van der Waals surface area contributed by atoms with Gasteiger partial charge in [0.1, 0.15) is 11.8 Å². The third-order valence-corrected chi connectivity index (χ3v) is 4.28. The minimum absolute atomic E-state index is 0. The molecule has 2 aromatic rings. The van der Waals surface area contributed by atoms with Crippen molar-refractivity contribution in [3.05, 3.63) is 42.2 Å². The Kier molecular flexibility index (Phi) is 6.00. The minimum atomic E-state index is -0.613. The number of hydrogen-bond donors (Lipinski definition) is 1. The van der Waals surface area contributed by atoms with E-state index in [1.165, 1.54) is 12.8 Å². The lowest BCUT2D eigenvalue weighted by Crippen LogP contribution is -2.37. The van der Waals surface area contributed by atoms with Crippen molar-refractivity contribution >= 4 is 12.4 Å². The monoisotopic (exact) mass is 322 g/mol. The van der Waals surface area contributed by atoms with Crippen molar-refractivity contribution in [2.75, 3.05) is 13.1 Å². The predicted octanol–water partition coefficient (Wildman–Crippen LogP) is 3.67. The Morgan fingerprint density at radius 3 is 2.55 bits per heavy atom. The number of rotatable bonds is 5. The van der Waals surface area contributed by atoms with Crippen molar-refractivity contribution in [2.24, 2.45) is 0 Å². The van der Waals surface area contributed by atoms with Gasteiger partial charge in [-0.05, 0) is 32.4 Å². The van der Waals surface area contributed by atoms with Crippen molar-refractivity contribution in [2.45, 2.75) is 38.3 Å². The van der Waals surface area contributed by atoms with Gasteiger partial charge in [0.25, 0.3) is 0 Å². The van der Waals surface area contributed by atoms with Crippen LogP contribution in [0.4, 0.5) is 0 Å². The number of likely N-dealkylation sites (tertiary alicyclic amines) is 1. The quantitative estimate of drug-likeness (QED) is 0.912. The van der Waals surface area contributed by atoms with Gasteiger partial charge in [-0.25, -0.2) is 0 Å². The maximum Gasteiger partial charge on any atom is 0.167 e. The minimum Gasteiger partial charge on any atom is -0.383 e. The Morgan fingerprint density at radius 2 is 1.91 bits per heavy atom. The van der Waals surface area contributed by atoms with E-state index < -0.39 is 6.10 Å². The Morgan fingerprint density at radius 1 is 1.23 bits per heavy atom. The van der Waals surface area contributed by atoms with E-state index in [0.717, 1.165) is 30.8 Å². The van der Waals surface area contributed by atoms with Crippen molar-refractivity contribution < 1.29 is 9.63 Å². The van der Waals surface area contributed by atoms with Gasteiger partial charge in [-0.2, -0.15) is 0 Å². The van der Waals surface area contributed by atoms with E-state index in [1.807, 2.05) is 36.4 Å². The van der Waals surface area contributed by atoms with Crippen LogP contribution in [0.3, 0.4) is 0 Å². The number of halogens is 1. The van der Waals surface area contributed by atoms with Gasteiger partial charge < -0.3 is 9.63 Å². The summed E-state index contributed by atoms with van der Waals surface area (Å²) in [5.41, 5.74) is 1.79. The fourth-order valence-corrected chi connectivity index (χ4v) is 3.12. The Hall–Kier alpha value is -1.36. The van der Waals surface area contributed by atoms with Crippen LogP contribution < -0.4 is 0 Å². The second kappa shape index (κ2) is 7.77. The van der Waals surface area contributed by atoms with Crippen molar-refractivity contribution in [3.8, 4) is 11.3 Å². The van der Waals surface area contributed by atoms with Gasteiger partial charge in [0.2, 0.25) is 0 Å². The van der Waals surface area contributed by atoms with Crippen LogP contribution in [0.1, 0.15) is 38.1 Å². The number of nitrogens with zero attached hydrogens (tertiary/aromatic N) is 2. The summed E-state index contributed by atoms with van der Waals surface area (Å²) >= 11 is 0. The molecule has 1 fully saturated rings. The molecule has 120 valence electrons. The summed E-state index contributed by atoms with van der Waals surface area (Å²) in [7, 11) is 0. The molecule has 3 rings (SSSR count). The molecule has 0 spiro atoms. The fraction of sp³-hybridized carbons (Fsp3) is 0.471. The van der Waals surface area contributed by atoms with E-state index in [-0.39, 0.29) is 18.4 Å². The SMILES string of the molecule is CC[C@@H]([C@@H](O)c1cc(-c2ccccc2)no1)N1CCCC1.Cl. The Balaban J connectivity index is 0.00000176. The second-order valence-corrected chi connectivity index (χ2v) is 5.64. The topological polar surface area (TPSA) is 49.5 Å². The number of aliphatic hydroxyl groups excluding tert-OH is 1. The molecule has 0 bridgehead atoms. The lowest BCUT2D eigenvalue weighted by atomic mass is 10.0. The maximum absolute atomic E-state index is 10.6. The fourth-order valence-electron chi connectivity index (χ4n) is 3.12. The highest BCUT2D eigenvalue weighted by molar-refractivity contribution is 5.85. The number of aliphatic hydroxyl groups is 1. The summed E-state index contributed by atoms with van der Waals surface area (Å²) in [4.78, 5) is 2.36. The highest BCUT2D eigenvalue weighted by Crippen LogP contribution is 2.29. The Bertz CT molecular complexity index is 567. The third-order valence-electron chi connectivity index (χ3n) is 4.28.